The molecule has 0 fully saturated rings. The van der Waals surface area contributed by atoms with Gasteiger partial charge in [-0.15, -0.1) is 0 Å². The largest absolute Gasteiger partial charge is 0.328 e. The molecule has 0 saturated carbocycles. The third-order valence-electron chi connectivity index (χ3n) is 4.26. The topological polar surface area (TPSA) is 49.9 Å². The third kappa shape index (κ3) is 3.51. The van der Waals surface area contributed by atoms with Crippen LogP contribution in [-0.2, 0) is 0 Å². The number of ketones is 1. The van der Waals surface area contributed by atoms with E-state index in [1.54, 1.807) is 6.07 Å². The number of hydrogen-bond acceptors (Lipinski definition) is 2. The van der Waals surface area contributed by atoms with Gasteiger partial charge in [-0.05, 0) is 29.7 Å². The Kier molecular flexibility index (Phi) is 4.71. The summed E-state index contributed by atoms with van der Waals surface area (Å²) in [6.07, 6.45) is 1.85. The Morgan fingerprint density at radius 1 is 0.958 bits per heavy atom. The highest BCUT2D eigenvalue weighted by Gasteiger charge is 2.20. The van der Waals surface area contributed by atoms with Crippen molar-refractivity contribution in [2.75, 3.05) is 0 Å². The predicted octanol–water partition coefficient (Wildman–Crippen LogP) is 4.09. The zero-order valence-electron chi connectivity index (χ0n) is 13.5. The molecule has 1 aromatic heterocycles. The number of carbonyl (C=O) groups is 1. The SMILES string of the molecule is Cc1ccccc1C(CC(=O)c1ccc(=O)[nH]c1)c1ccccc1. The number of benzene rings is 2. The summed E-state index contributed by atoms with van der Waals surface area (Å²) in [5.41, 5.74) is 3.76. The second-order valence-corrected chi connectivity index (χ2v) is 5.89. The molecule has 1 N–H and O–H groups in total. The molecule has 1 atom stereocenters. The molecule has 2 aromatic carbocycles. The van der Waals surface area contributed by atoms with Crippen LogP contribution >= 0.6 is 0 Å². The number of pyridine rings is 1. The van der Waals surface area contributed by atoms with E-state index in [4.69, 9.17) is 0 Å². The third-order valence-corrected chi connectivity index (χ3v) is 4.26. The first-order valence-electron chi connectivity index (χ1n) is 7.97. The Labute approximate surface area is 141 Å². The Balaban J connectivity index is 1.96. The van der Waals surface area contributed by atoms with Gasteiger partial charge in [0.05, 0.1) is 0 Å². The van der Waals surface area contributed by atoms with Gasteiger partial charge in [-0.3, -0.25) is 9.59 Å². The van der Waals surface area contributed by atoms with Crippen LogP contribution in [0.3, 0.4) is 0 Å². The van der Waals surface area contributed by atoms with Gasteiger partial charge in [0.2, 0.25) is 5.56 Å². The molecular weight excluding hydrogens is 298 g/mol. The van der Waals surface area contributed by atoms with E-state index in [9.17, 15) is 9.59 Å². The molecule has 3 nitrogen and oxygen atoms in total. The minimum atomic E-state index is -0.204. The number of aromatic amines is 1. The average molecular weight is 317 g/mol. The van der Waals surface area contributed by atoms with Crippen LogP contribution in [0.2, 0.25) is 0 Å². The quantitative estimate of drug-likeness (QED) is 0.721. The van der Waals surface area contributed by atoms with E-state index >= 15 is 0 Å². The van der Waals surface area contributed by atoms with Crippen LogP contribution in [0.15, 0.2) is 77.7 Å². The van der Waals surface area contributed by atoms with Crippen molar-refractivity contribution >= 4 is 5.78 Å². The van der Waals surface area contributed by atoms with Crippen LogP contribution in [-0.4, -0.2) is 10.8 Å². The number of nitrogens with one attached hydrogen (secondary N) is 1. The number of carbonyl (C=O) groups excluding carboxylic acids is 1. The smallest absolute Gasteiger partial charge is 0.247 e. The lowest BCUT2D eigenvalue weighted by Crippen LogP contribution is -2.12. The Bertz CT molecular complexity index is 876. The molecule has 3 aromatic rings. The number of aromatic nitrogens is 1. The number of rotatable bonds is 5. The Morgan fingerprint density at radius 3 is 2.33 bits per heavy atom. The lowest BCUT2D eigenvalue weighted by molar-refractivity contribution is 0.0977. The fourth-order valence-electron chi connectivity index (χ4n) is 2.96. The highest BCUT2D eigenvalue weighted by molar-refractivity contribution is 5.96. The Hall–Kier alpha value is -2.94. The fourth-order valence-corrected chi connectivity index (χ4v) is 2.96. The van der Waals surface area contributed by atoms with E-state index in [2.05, 4.69) is 36.2 Å². The van der Waals surface area contributed by atoms with E-state index < -0.39 is 0 Å². The van der Waals surface area contributed by atoms with Gasteiger partial charge in [0.25, 0.3) is 0 Å². The minimum absolute atomic E-state index is 0.00757. The van der Waals surface area contributed by atoms with E-state index in [1.165, 1.54) is 17.8 Å². The second-order valence-electron chi connectivity index (χ2n) is 5.89. The van der Waals surface area contributed by atoms with Crippen LogP contribution in [0.1, 0.15) is 39.4 Å². The molecule has 1 heterocycles. The van der Waals surface area contributed by atoms with Crippen molar-refractivity contribution in [3.8, 4) is 0 Å². The van der Waals surface area contributed by atoms with Crippen LogP contribution < -0.4 is 5.56 Å². The van der Waals surface area contributed by atoms with E-state index in [-0.39, 0.29) is 17.3 Å². The fraction of sp³-hybridized carbons (Fsp3) is 0.143. The summed E-state index contributed by atoms with van der Waals surface area (Å²) >= 11 is 0. The molecule has 3 heteroatoms. The van der Waals surface area contributed by atoms with Crippen molar-refractivity contribution in [2.24, 2.45) is 0 Å². The van der Waals surface area contributed by atoms with Gasteiger partial charge in [0.1, 0.15) is 0 Å². The molecule has 1 unspecified atom stereocenters. The first kappa shape index (κ1) is 15.9. The van der Waals surface area contributed by atoms with Gasteiger partial charge in [0.15, 0.2) is 5.78 Å². The molecule has 24 heavy (non-hydrogen) atoms. The van der Waals surface area contributed by atoms with Crippen LogP contribution in [0.4, 0.5) is 0 Å². The predicted molar refractivity (Wildman–Crippen MR) is 95.5 cm³/mol. The van der Waals surface area contributed by atoms with E-state index in [1.807, 2.05) is 30.3 Å². The molecule has 0 aliphatic heterocycles. The van der Waals surface area contributed by atoms with Gasteiger partial charge in [-0.2, -0.15) is 0 Å². The molecule has 0 aliphatic rings. The van der Waals surface area contributed by atoms with E-state index in [0.29, 0.717) is 12.0 Å². The molecule has 0 spiro atoms. The average Bonchev–Trinajstić information content (AvgIpc) is 2.61. The maximum Gasteiger partial charge on any atom is 0.247 e. The van der Waals surface area contributed by atoms with Crippen molar-refractivity contribution in [3.63, 3.8) is 0 Å². The van der Waals surface area contributed by atoms with Crippen LogP contribution in [0.25, 0.3) is 0 Å². The van der Waals surface area contributed by atoms with Crippen molar-refractivity contribution < 1.29 is 4.79 Å². The van der Waals surface area contributed by atoms with Crippen molar-refractivity contribution in [1.82, 2.24) is 4.98 Å². The lowest BCUT2D eigenvalue weighted by Gasteiger charge is -2.19. The molecule has 3 rings (SSSR count). The van der Waals surface area contributed by atoms with Gasteiger partial charge in [-0.25, -0.2) is 0 Å². The summed E-state index contributed by atoms with van der Waals surface area (Å²) < 4.78 is 0. The summed E-state index contributed by atoms with van der Waals surface area (Å²) in [5.74, 6) is 0.00943. The van der Waals surface area contributed by atoms with E-state index in [0.717, 1.165) is 11.1 Å². The maximum atomic E-state index is 12.7. The lowest BCUT2D eigenvalue weighted by atomic mass is 9.84. The van der Waals surface area contributed by atoms with Crippen LogP contribution in [0.5, 0.6) is 0 Å². The highest BCUT2D eigenvalue weighted by Crippen LogP contribution is 2.31. The summed E-state index contributed by atoms with van der Waals surface area (Å²) in [4.78, 5) is 26.5. The number of H-pyrrole nitrogens is 1. The molecule has 120 valence electrons. The number of Topliss-reactive ketones (excluding diaryl/α,β-unsaturated/α-hetero) is 1. The summed E-state index contributed by atoms with van der Waals surface area (Å²) in [6.45, 7) is 2.07. The first-order valence-corrected chi connectivity index (χ1v) is 7.97. The molecule has 0 amide bonds. The number of hydrogen-bond donors (Lipinski definition) is 1. The molecule has 0 bridgehead atoms. The molecule has 0 radical (unpaired) electrons. The first-order chi connectivity index (χ1) is 11.6. The standard InChI is InChI=1S/C21H19NO2/c1-15-7-5-6-10-18(15)19(16-8-3-2-4-9-16)13-20(23)17-11-12-21(24)22-14-17/h2-12,14,19H,13H2,1H3,(H,22,24). The van der Waals surface area contributed by atoms with Gasteiger partial charge in [0, 0.05) is 30.2 Å². The molecule has 0 aliphatic carbocycles. The molecule has 0 saturated heterocycles. The van der Waals surface area contributed by atoms with Crippen molar-refractivity contribution in [3.05, 3.63) is 106 Å². The van der Waals surface area contributed by atoms with Gasteiger partial charge < -0.3 is 4.98 Å². The van der Waals surface area contributed by atoms with Crippen LogP contribution in [0, 0.1) is 6.92 Å². The van der Waals surface area contributed by atoms with Crippen molar-refractivity contribution in [2.45, 2.75) is 19.3 Å². The summed E-state index contributed by atoms with van der Waals surface area (Å²) in [5, 5.41) is 0. The zero-order chi connectivity index (χ0) is 16.9. The van der Waals surface area contributed by atoms with Crippen molar-refractivity contribution in [1.29, 1.82) is 0 Å². The normalized spacial score (nSPS) is 11.9. The monoisotopic (exact) mass is 317 g/mol. The highest BCUT2D eigenvalue weighted by atomic mass is 16.1. The summed E-state index contributed by atoms with van der Waals surface area (Å²) in [7, 11) is 0. The number of aryl methyl sites for hydroxylation is 1. The maximum absolute atomic E-state index is 12.7. The molecular formula is C21H19NO2. The van der Waals surface area contributed by atoms with Gasteiger partial charge >= 0.3 is 0 Å². The van der Waals surface area contributed by atoms with Gasteiger partial charge in [-0.1, -0.05) is 54.6 Å². The second kappa shape index (κ2) is 7.09. The zero-order valence-corrected chi connectivity index (χ0v) is 13.5. The Morgan fingerprint density at radius 2 is 1.67 bits per heavy atom. The minimum Gasteiger partial charge on any atom is -0.328 e. The summed E-state index contributed by atoms with van der Waals surface area (Å²) in [6, 6.07) is 21.2.